The van der Waals surface area contributed by atoms with Crippen molar-refractivity contribution in [1.82, 2.24) is 9.97 Å². The predicted octanol–water partition coefficient (Wildman–Crippen LogP) is 2.75. The second-order valence-corrected chi connectivity index (χ2v) is 4.63. The molecule has 0 unspecified atom stereocenters. The second kappa shape index (κ2) is 4.74. The molecule has 0 aliphatic carbocycles. The molecule has 98 valence electrons. The van der Waals surface area contributed by atoms with Crippen molar-refractivity contribution in [2.24, 2.45) is 0 Å². The summed E-state index contributed by atoms with van der Waals surface area (Å²) in [6, 6.07) is 10.9. The van der Waals surface area contributed by atoms with Crippen LogP contribution in [0.4, 0.5) is 5.69 Å². The summed E-state index contributed by atoms with van der Waals surface area (Å²) in [4.78, 5) is 20.9. The Labute approximate surface area is 116 Å². The van der Waals surface area contributed by atoms with Gasteiger partial charge in [-0.05, 0) is 30.7 Å². The van der Waals surface area contributed by atoms with Gasteiger partial charge < -0.3 is 5.73 Å². The number of para-hydroxylation sites is 1. The van der Waals surface area contributed by atoms with E-state index in [1.807, 2.05) is 31.2 Å². The van der Waals surface area contributed by atoms with Crippen LogP contribution in [0.1, 0.15) is 21.6 Å². The first-order valence-corrected chi connectivity index (χ1v) is 6.27. The first-order chi connectivity index (χ1) is 9.66. The zero-order valence-corrected chi connectivity index (χ0v) is 11.0. The van der Waals surface area contributed by atoms with Crippen molar-refractivity contribution in [2.75, 3.05) is 5.73 Å². The second-order valence-electron chi connectivity index (χ2n) is 4.63. The highest BCUT2D eigenvalue weighted by atomic mass is 16.1. The summed E-state index contributed by atoms with van der Waals surface area (Å²) in [5.74, 6) is -0.159. The van der Waals surface area contributed by atoms with Crippen LogP contribution in [-0.4, -0.2) is 15.8 Å². The average molecular weight is 263 g/mol. The molecule has 0 atom stereocenters. The minimum absolute atomic E-state index is 0.159. The molecule has 0 saturated carbocycles. The summed E-state index contributed by atoms with van der Waals surface area (Å²) in [5.41, 5.74) is 9.05. The molecule has 2 heterocycles. The Balaban J connectivity index is 2.16. The number of carbonyl (C=O) groups is 1. The van der Waals surface area contributed by atoms with Crippen molar-refractivity contribution < 1.29 is 4.79 Å². The van der Waals surface area contributed by atoms with E-state index >= 15 is 0 Å². The number of nitrogens with zero attached hydrogens (tertiary/aromatic N) is 2. The van der Waals surface area contributed by atoms with Crippen LogP contribution in [0.3, 0.4) is 0 Å². The van der Waals surface area contributed by atoms with Gasteiger partial charge in [0.2, 0.25) is 5.78 Å². The molecule has 2 N–H and O–H groups in total. The number of aromatic nitrogens is 2. The van der Waals surface area contributed by atoms with Crippen LogP contribution in [-0.2, 0) is 0 Å². The molecule has 0 amide bonds. The molecule has 2 aromatic heterocycles. The van der Waals surface area contributed by atoms with Crippen LogP contribution in [0, 0.1) is 6.92 Å². The van der Waals surface area contributed by atoms with Crippen LogP contribution >= 0.6 is 0 Å². The van der Waals surface area contributed by atoms with Gasteiger partial charge in [0.15, 0.2) is 0 Å². The molecule has 0 aliphatic heterocycles. The van der Waals surface area contributed by atoms with Gasteiger partial charge in [-0.3, -0.25) is 9.78 Å². The van der Waals surface area contributed by atoms with E-state index in [1.165, 1.54) is 0 Å². The number of ketones is 1. The monoisotopic (exact) mass is 263 g/mol. The Morgan fingerprint density at radius 2 is 2.00 bits per heavy atom. The molecular weight excluding hydrogens is 250 g/mol. The fourth-order valence-electron chi connectivity index (χ4n) is 2.16. The molecule has 4 heteroatoms. The van der Waals surface area contributed by atoms with E-state index in [1.54, 1.807) is 24.5 Å². The SMILES string of the molecule is Cc1ccncc1C(=O)c1cc(N)c2ccccc2n1. The molecule has 20 heavy (non-hydrogen) atoms. The number of carbonyl (C=O) groups excluding carboxylic acids is 1. The number of nitrogen functional groups attached to an aromatic ring is 1. The van der Waals surface area contributed by atoms with Crippen LogP contribution in [0.15, 0.2) is 48.8 Å². The molecule has 0 fully saturated rings. The van der Waals surface area contributed by atoms with Crippen molar-refractivity contribution in [1.29, 1.82) is 0 Å². The standard InChI is InChI=1S/C16H13N3O/c1-10-6-7-18-9-12(10)16(20)15-8-13(17)11-4-2-3-5-14(11)19-15/h2-9H,1H3,(H2,17,19). The van der Waals surface area contributed by atoms with E-state index in [0.717, 1.165) is 16.5 Å². The first kappa shape index (κ1) is 12.3. The number of pyridine rings is 2. The predicted molar refractivity (Wildman–Crippen MR) is 78.6 cm³/mol. The lowest BCUT2D eigenvalue weighted by molar-refractivity contribution is 0.103. The molecular formula is C16H13N3O. The summed E-state index contributed by atoms with van der Waals surface area (Å²) in [7, 11) is 0. The van der Waals surface area contributed by atoms with E-state index in [0.29, 0.717) is 16.9 Å². The molecule has 0 bridgehead atoms. The minimum atomic E-state index is -0.159. The van der Waals surface area contributed by atoms with Gasteiger partial charge in [-0.15, -0.1) is 0 Å². The Bertz CT molecular complexity index is 812. The first-order valence-electron chi connectivity index (χ1n) is 6.27. The van der Waals surface area contributed by atoms with Gasteiger partial charge in [0.25, 0.3) is 0 Å². The summed E-state index contributed by atoms with van der Waals surface area (Å²) in [6.45, 7) is 1.87. The number of fused-ring (bicyclic) bond motifs is 1. The fraction of sp³-hybridized carbons (Fsp3) is 0.0625. The lowest BCUT2D eigenvalue weighted by atomic mass is 10.0. The number of hydrogen-bond donors (Lipinski definition) is 1. The van der Waals surface area contributed by atoms with Gasteiger partial charge in [-0.1, -0.05) is 18.2 Å². The van der Waals surface area contributed by atoms with Gasteiger partial charge in [-0.2, -0.15) is 0 Å². The van der Waals surface area contributed by atoms with Gasteiger partial charge in [0.05, 0.1) is 5.52 Å². The zero-order chi connectivity index (χ0) is 14.1. The third-order valence-electron chi connectivity index (χ3n) is 3.26. The zero-order valence-electron chi connectivity index (χ0n) is 11.0. The third-order valence-corrected chi connectivity index (χ3v) is 3.26. The summed E-state index contributed by atoms with van der Waals surface area (Å²) in [5, 5.41) is 0.854. The summed E-state index contributed by atoms with van der Waals surface area (Å²) < 4.78 is 0. The molecule has 0 saturated heterocycles. The largest absolute Gasteiger partial charge is 0.398 e. The third kappa shape index (κ3) is 2.01. The van der Waals surface area contributed by atoms with Gasteiger partial charge in [0.1, 0.15) is 5.69 Å². The van der Waals surface area contributed by atoms with E-state index in [9.17, 15) is 4.79 Å². The van der Waals surface area contributed by atoms with Crippen LogP contribution in [0.25, 0.3) is 10.9 Å². The van der Waals surface area contributed by atoms with Crippen molar-refractivity contribution >= 4 is 22.4 Å². The van der Waals surface area contributed by atoms with E-state index in [-0.39, 0.29) is 5.78 Å². The van der Waals surface area contributed by atoms with Gasteiger partial charge >= 0.3 is 0 Å². The van der Waals surface area contributed by atoms with Crippen molar-refractivity contribution in [2.45, 2.75) is 6.92 Å². The molecule has 0 spiro atoms. The number of nitrogens with two attached hydrogens (primary N) is 1. The Morgan fingerprint density at radius 3 is 2.80 bits per heavy atom. The van der Waals surface area contributed by atoms with Crippen molar-refractivity contribution in [3.05, 3.63) is 65.6 Å². The molecule has 1 aromatic carbocycles. The van der Waals surface area contributed by atoms with Gasteiger partial charge in [0, 0.05) is 29.0 Å². The smallest absolute Gasteiger partial charge is 0.213 e. The number of rotatable bonds is 2. The molecule has 3 aromatic rings. The highest BCUT2D eigenvalue weighted by Gasteiger charge is 2.15. The number of anilines is 1. The highest BCUT2D eigenvalue weighted by molar-refractivity contribution is 6.10. The lowest BCUT2D eigenvalue weighted by Gasteiger charge is -2.07. The number of aryl methyl sites for hydroxylation is 1. The fourth-order valence-corrected chi connectivity index (χ4v) is 2.16. The number of benzene rings is 1. The maximum atomic E-state index is 12.5. The maximum absolute atomic E-state index is 12.5. The average Bonchev–Trinajstić information content (AvgIpc) is 2.47. The minimum Gasteiger partial charge on any atom is -0.398 e. The summed E-state index contributed by atoms with van der Waals surface area (Å²) in [6.07, 6.45) is 3.22. The van der Waals surface area contributed by atoms with E-state index in [2.05, 4.69) is 9.97 Å². The van der Waals surface area contributed by atoms with Gasteiger partial charge in [-0.25, -0.2) is 4.98 Å². The molecule has 4 nitrogen and oxygen atoms in total. The Morgan fingerprint density at radius 1 is 1.20 bits per heavy atom. The molecule has 3 rings (SSSR count). The highest BCUT2D eigenvalue weighted by Crippen LogP contribution is 2.22. The quantitative estimate of drug-likeness (QED) is 0.722. The van der Waals surface area contributed by atoms with Crippen molar-refractivity contribution in [3.8, 4) is 0 Å². The van der Waals surface area contributed by atoms with Crippen molar-refractivity contribution in [3.63, 3.8) is 0 Å². The molecule has 0 radical (unpaired) electrons. The Kier molecular flexibility index (Phi) is 2.91. The summed E-state index contributed by atoms with van der Waals surface area (Å²) >= 11 is 0. The topological polar surface area (TPSA) is 68.9 Å². The van der Waals surface area contributed by atoms with E-state index < -0.39 is 0 Å². The normalized spacial score (nSPS) is 10.7. The Hall–Kier alpha value is -2.75. The lowest BCUT2D eigenvalue weighted by Crippen LogP contribution is -2.07. The molecule has 0 aliphatic rings. The maximum Gasteiger partial charge on any atom is 0.213 e. The van der Waals surface area contributed by atoms with Crippen LogP contribution in [0.2, 0.25) is 0 Å². The number of hydrogen-bond acceptors (Lipinski definition) is 4. The van der Waals surface area contributed by atoms with Crippen LogP contribution in [0.5, 0.6) is 0 Å². The van der Waals surface area contributed by atoms with Crippen LogP contribution < -0.4 is 5.73 Å². The van der Waals surface area contributed by atoms with E-state index in [4.69, 9.17) is 5.73 Å².